The maximum atomic E-state index is 12.9. The molecule has 0 radical (unpaired) electrons. The molecule has 152 valence electrons. The summed E-state index contributed by atoms with van der Waals surface area (Å²) in [5, 5.41) is 11.7. The molecule has 3 unspecified atom stereocenters. The van der Waals surface area contributed by atoms with Crippen LogP contribution in [0.3, 0.4) is 0 Å². The molecular weight excluding hydrogens is 392 g/mol. The maximum Gasteiger partial charge on any atom is 0.233 e. The summed E-state index contributed by atoms with van der Waals surface area (Å²) in [7, 11) is 0. The van der Waals surface area contributed by atoms with E-state index in [-0.39, 0.29) is 12.0 Å². The number of carbonyl (C=O) groups is 1. The summed E-state index contributed by atoms with van der Waals surface area (Å²) in [6.07, 6.45) is 5.77. The molecule has 8 heteroatoms. The third kappa shape index (κ3) is 4.28. The van der Waals surface area contributed by atoms with Crippen molar-refractivity contribution in [2.45, 2.75) is 75.8 Å². The van der Waals surface area contributed by atoms with Gasteiger partial charge in [0.15, 0.2) is 11.0 Å². The molecule has 0 spiro atoms. The van der Waals surface area contributed by atoms with E-state index < -0.39 is 0 Å². The fourth-order valence-electron chi connectivity index (χ4n) is 4.25. The lowest BCUT2D eigenvalue weighted by Gasteiger charge is -2.39. The van der Waals surface area contributed by atoms with E-state index in [1.54, 1.807) is 11.3 Å². The summed E-state index contributed by atoms with van der Waals surface area (Å²) in [4.78, 5) is 16.1. The number of piperidine rings is 1. The fraction of sp³-hybridized carbons (Fsp3) is 0.650. The molecule has 0 aromatic carbocycles. The SMILES string of the molecule is CC1CCCC(C)N1C(=O)CSc1nnc(-c2cccs2)n1CC1CCCO1. The number of carbonyl (C=O) groups excluding carboxylic acids is 1. The van der Waals surface area contributed by atoms with Gasteiger partial charge in [-0.15, -0.1) is 21.5 Å². The number of likely N-dealkylation sites (tertiary alicyclic amines) is 1. The van der Waals surface area contributed by atoms with Gasteiger partial charge in [0.05, 0.1) is 23.3 Å². The Morgan fingerprint density at radius 2 is 2.07 bits per heavy atom. The topological polar surface area (TPSA) is 60.2 Å². The van der Waals surface area contributed by atoms with Crippen LogP contribution in [-0.4, -0.2) is 56.1 Å². The van der Waals surface area contributed by atoms with Crippen LogP contribution in [0.25, 0.3) is 10.7 Å². The molecule has 1 amide bonds. The Morgan fingerprint density at radius 1 is 1.25 bits per heavy atom. The minimum Gasteiger partial charge on any atom is -0.376 e. The van der Waals surface area contributed by atoms with Crippen LogP contribution >= 0.6 is 23.1 Å². The molecule has 2 fully saturated rings. The maximum absolute atomic E-state index is 12.9. The molecule has 0 aliphatic carbocycles. The highest BCUT2D eigenvalue weighted by Gasteiger charge is 2.29. The predicted octanol–water partition coefficient (Wildman–Crippen LogP) is 4.07. The number of hydrogen-bond donors (Lipinski definition) is 0. The van der Waals surface area contributed by atoms with Crippen LogP contribution in [0.4, 0.5) is 0 Å². The van der Waals surface area contributed by atoms with Gasteiger partial charge in [0, 0.05) is 18.7 Å². The Labute approximate surface area is 174 Å². The Morgan fingerprint density at radius 3 is 2.75 bits per heavy atom. The van der Waals surface area contributed by atoms with Crippen molar-refractivity contribution in [1.82, 2.24) is 19.7 Å². The van der Waals surface area contributed by atoms with Gasteiger partial charge in [-0.3, -0.25) is 9.36 Å². The number of thiophene rings is 1. The Kier molecular flexibility index (Phi) is 6.38. The van der Waals surface area contributed by atoms with E-state index in [1.807, 2.05) is 6.07 Å². The highest BCUT2D eigenvalue weighted by molar-refractivity contribution is 7.99. The second-order valence-electron chi connectivity index (χ2n) is 7.75. The highest BCUT2D eigenvalue weighted by atomic mass is 32.2. The van der Waals surface area contributed by atoms with Crippen molar-refractivity contribution in [1.29, 1.82) is 0 Å². The largest absolute Gasteiger partial charge is 0.376 e. The summed E-state index contributed by atoms with van der Waals surface area (Å²) in [6.45, 7) is 5.89. The normalized spacial score (nSPS) is 25.4. The number of nitrogens with zero attached hydrogens (tertiary/aromatic N) is 4. The molecule has 2 aliphatic heterocycles. The first-order valence-electron chi connectivity index (χ1n) is 10.2. The molecule has 28 heavy (non-hydrogen) atoms. The first-order chi connectivity index (χ1) is 13.6. The van der Waals surface area contributed by atoms with E-state index >= 15 is 0 Å². The van der Waals surface area contributed by atoms with Crippen molar-refractivity contribution < 1.29 is 9.53 Å². The van der Waals surface area contributed by atoms with Gasteiger partial charge < -0.3 is 9.64 Å². The zero-order chi connectivity index (χ0) is 19.5. The van der Waals surface area contributed by atoms with Crippen LogP contribution < -0.4 is 0 Å². The first kappa shape index (κ1) is 19.9. The minimum absolute atomic E-state index is 0.201. The highest BCUT2D eigenvalue weighted by Crippen LogP contribution is 2.30. The summed E-state index contributed by atoms with van der Waals surface area (Å²) >= 11 is 3.16. The second kappa shape index (κ2) is 8.97. The van der Waals surface area contributed by atoms with Crippen LogP contribution in [0, 0.1) is 0 Å². The van der Waals surface area contributed by atoms with E-state index in [4.69, 9.17) is 4.74 Å². The van der Waals surface area contributed by atoms with Gasteiger partial charge in [0.2, 0.25) is 5.91 Å². The zero-order valence-corrected chi connectivity index (χ0v) is 18.2. The molecule has 4 heterocycles. The number of ether oxygens (including phenoxy) is 1. The van der Waals surface area contributed by atoms with Gasteiger partial charge >= 0.3 is 0 Å². The van der Waals surface area contributed by atoms with Gasteiger partial charge in [0.1, 0.15) is 0 Å². The van der Waals surface area contributed by atoms with E-state index in [9.17, 15) is 4.79 Å². The number of thioether (sulfide) groups is 1. The van der Waals surface area contributed by atoms with Crippen molar-refractivity contribution in [2.24, 2.45) is 0 Å². The Bertz CT molecular complexity index is 776. The number of rotatable bonds is 6. The predicted molar refractivity (Wildman–Crippen MR) is 113 cm³/mol. The van der Waals surface area contributed by atoms with Crippen LogP contribution in [-0.2, 0) is 16.1 Å². The molecule has 3 atom stereocenters. The van der Waals surface area contributed by atoms with Crippen molar-refractivity contribution in [3.8, 4) is 10.7 Å². The van der Waals surface area contributed by atoms with Crippen LogP contribution in [0.5, 0.6) is 0 Å². The quantitative estimate of drug-likeness (QED) is 0.660. The molecule has 4 rings (SSSR count). The van der Waals surface area contributed by atoms with Crippen molar-refractivity contribution >= 4 is 29.0 Å². The summed E-state index contributed by atoms with van der Waals surface area (Å²) in [5.41, 5.74) is 0. The van der Waals surface area contributed by atoms with E-state index in [0.29, 0.717) is 17.8 Å². The molecule has 2 aromatic heterocycles. The molecule has 0 saturated carbocycles. The molecule has 0 bridgehead atoms. The number of hydrogen-bond acceptors (Lipinski definition) is 6. The number of amides is 1. The van der Waals surface area contributed by atoms with E-state index in [2.05, 4.69) is 45.0 Å². The smallest absolute Gasteiger partial charge is 0.233 e. The van der Waals surface area contributed by atoms with Gasteiger partial charge in [-0.2, -0.15) is 0 Å². The molecule has 0 N–H and O–H groups in total. The first-order valence-corrected chi connectivity index (χ1v) is 12.0. The van der Waals surface area contributed by atoms with Crippen molar-refractivity contribution in [2.75, 3.05) is 12.4 Å². The van der Waals surface area contributed by atoms with Crippen molar-refractivity contribution in [3.05, 3.63) is 17.5 Å². The fourth-order valence-corrected chi connectivity index (χ4v) is 5.79. The summed E-state index contributed by atoms with van der Waals surface area (Å²) < 4.78 is 7.99. The van der Waals surface area contributed by atoms with Crippen LogP contribution in [0.15, 0.2) is 22.7 Å². The molecular formula is C20H28N4O2S2. The molecule has 2 aromatic rings. The minimum atomic E-state index is 0.201. The molecule has 6 nitrogen and oxygen atoms in total. The van der Waals surface area contributed by atoms with E-state index in [1.165, 1.54) is 18.2 Å². The summed E-state index contributed by atoms with van der Waals surface area (Å²) in [5.74, 6) is 1.48. The van der Waals surface area contributed by atoms with E-state index in [0.717, 1.165) is 54.7 Å². The van der Waals surface area contributed by atoms with Crippen LogP contribution in [0.1, 0.15) is 46.0 Å². The molecule has 2 aliphatic rings. The van der Waals surface area contributed by atoms with Gasteiger partial charge in [-0.1, -0.05) is 17.8 Å². The van der Waals surface area contributed by atoms with Crippen molar-refractivity contribution in [3.63, 3.8) is 0 Å². The average molecular weight is 421 g/mol. The van der Waals surface area contributed by atoms with Gasteiger partial charge in [0.25, 0.3) is 0 Å². The monoisotopic (exact) mass is 420 g/mol. The standard InChI is InChI=1S/C20H28N4O2S2/c1-14-6-3-7-15(2)24(14)18(25)13-28-20-22-21-19(17-9-5-11-27-17)23(20)12-16-8-4-10-26-16/h5,9,11,14-16H,3-4,6-8,10,12-13H2,1-2H3. The third-order valence-corrected chi connectivity index (χ3v) is 7.49. The lowest BCUT2D eigenvalue weighted by atomic mass is 9.98. The number of aromatic nitrogens is 3. The van der Waals surface area contributed by atoms with Crippen LogP contribution in [0.2, 0.25) is 0 Å². The van der Waals surface area contributed by atoms with Gasteiger partial charge in [-0.05, 0) is 57.4 Å². The average Bonchev–Trinajstić information content (AvgIpc) is 3.43. The Hall–Kier alpha value is -1.38. The Balaban J connectivity index is 1.49. The third-order valence-electron chi connectivity index (χ3n) is 5.67. The second-order valence-corrected chi connectivity index (χ2v) is 9.64. The molecule has 2 saturated heterocycles. The lowest BCUT2D eigenvalue weighted by molar-refractivity contribution is -0.134. The summed E-state index contributed by atoms with van der Waals surface area (Å²) in [6, 6.07) is 4.74. The zero-order valence-electron chi connectivity index (χ0n) is 16.5. The van der Waals surface area contributed by atoms with Gasteiger partial charge in [-0.25, -0.2) is 0 Å². The lowest BCUT2D eigenvalue weighted by Crippen LogP contribution is -2.48.